The van der Waals surface area contributed by atoms with Crippen LogP contribution in [-0.4, -0.2) is 16.6 Å². The van der Waals surface area contributed by atoms with Crippen molar-refractivity contribution in [2.45, 2.75) is 90.9 Å². The number of thioether (sulfide) groups is 1. The molecule has 0 aliphatic heterocycles. The van der Waals surface area contributed by atoms with Crippen molar-refractivity contribution in [3.63, 3.8) is 0 Å². The minimum Gasteiger partial charge on any atom is -0.371 e. The highest BCUT2D eigenvalue weighted by Gasteiger charge is 1.96. The lowest BCUT2D eigenvalue weighted by Crippen LogP contribution is -2.19. The molecular formula is C17H35NS2. The number of unbranched alkanes of at least 4 members (excludes halogenated alkanes) is 10. The molecular weight excluding hydrogens is 282 g/mol. The topological polar surface area (TPSA) is 12.0 Å². The van der Waals surface area contributed by atoms with E-state index in [1.165, 1.54) is 82.8 Å². The Morgan fingerprint density at radius 1 is 0.750 bits per heavy atom. The Kier molecular flexibility index (Phi) is 17.5. The first kappa shape index (κ1) is 20.2. The van der Waals surface area contributed by atoms with Gasteiger partial charge in [-0.2, -0.15) is 0 Å². The third kappa shape index (κ3) is 16.3. The van der Waals surface area contributed by atoms with Gasteiger partial charge in [0.25, 0.3) is 0 Å². The van der Waals surface area contributed by atoms with E-state index in [9.17, 15) is 0 Å². The molecule has 0 atom stereocenters. The van der Waals surface area contributed by atoms with Crippen LogP contribution in [0.5, 0.6) is 0 Å². The molecule has 20 heavy (non-hydrogen) atoms. The lowest BCUT2D eigenvalue weighted by atomic mass is 10.1. The van der Waals surface area contributed by atoms with E-state index in [1.807, 2.05) is 0 Å². The van der Waals surface area contributed by atoms with Gasteiger partial charge in [-0.1, -0.05) is 102 Å². The largest absolute Gasteiger partial charge is 0.371 e. The minimum absolute atomic E-state index is 0.995. The Morgan fingerprint density at radius 3 is 1.80 bits per heavy atom. The van der Waals surface area contributed by atoms with Crippen LogP contribution in [0.3, 0.4) is 0 Å². The van der Waals surface area contributed by atoms with Gasteiger partial charge in [0.15, 0.2) is 0 Å². The summed E-state index contributed by atoms with van der Waals surface area (Å²) in [5, 5.41) is 3.36. The quantitative estimate of drug-likeness (QED) is 0.297. The average Bonchev–Trinajstić information content (AvgIpc) is 2.45. The van der Waals surface area contributed by atoms with Crippen molar-refractivity contribution in [2.75, 3.05) is 12.3 Å². The van der Waals surface area contributed by atoms with Crippen LogP contribution in [0.4, 0.5) is 0 Å². The molecule has 0 unspecified atom stereocenters. The standard InChI is InChI=1S/C17H35NS2/c1-3-5-7-8-9-10-11-12-13-14-15-18-17(19)20-16-6-4-2/h3-16H2,1-2H3,(H,18,19). The van der Waals surface area contributed by atoms with Gasteiger partial charge in [-0.15, -0.1) is 0 Å². The predicted octanol–water partition coefficient (Wildman–Crippen LogP) is 6.32. The van der Waals surface area contributed by atoms with Crippen molar-refractivity contribution < 1.29 is 0 Å². The van der Waals surface area contributed by atoms with Gasteiger partial charge in [-0.25, -0.2) is 0 Å². The average molecular weight is 318 g/mol. The summed E-state index contributed by atoms with van der Waals surface area (Å²) in [6.45, 7) is 5.57. The fraction of sp³-hybridized carbons (Fsp3) is 0.941. The van der Waals surface area contributed by atoms with Crippen LogP contribution >= 0.6 is 24.0 Å². The van der Waals surface area contributed by atoms with E-state index >= 15 is 0 Å². The Hall–Kier alpha value is 0.240. The van der Waals surface area contributed by atoms with Crippen LogP contribution in [0.1, 0.15) is 90.9 Å². The van der Waals surface area contributed by atoms with Gasteiger partial charge >= 0.3 is 0 Å². The van der Waals surface area contributed by atoms with Crippen LogP contribution in [0.15, 0.2) is 0 Å². The van der Waals surface area contributed by atoms with E-state index in [-0.39, 0.29) is 0 Å². The summed E-state index contributed by atoms with van der Waals surface area (Å²) in [5.74, 6) is 1.17. The van der Waals surface area contributed by atoms with Gasteiger partial charge in [0.1, 0.15) is 4.32 Å². The van der Waals surface area contributed by atoms with Crippen LogP contribution < -0.4 is 5.32 Å². The monoisotopic (exact) mass is 317 g/mol. The molecule has 0 spiro atoms. The van der Waals surface area contributed by atoms with Crippen LogP contribution in [0, 0.1) is 0 Å². The Labute approximate surface area is 137 Å². The van der Waals surface area contributed by atoms with E-state index in [0.29, 0.717) is 0 Å². The van der Waals surface area contributed by atoms with Crippen LogP contribution in [0.25, 0.3) is 0 Å². The first-order valence-electron chi connectivity index (χ1n) is 8.71. The van der Waals surface area contributed by atoms with Gasteiger partial charge < -0.3 is 5.32 Å². The smallest absolute Gasteiger partial charge is 0.133 e. The van der Waals surface area contributed by atoms with E-state index in [1.54, 1.807) is 11.8 Å². The molecule has 0 heterocycles. The molecule has 1 N–H and O–H groups in total. The van der Waals surface area contributed by atoms with Crippen molar-refractivity contribution in [2.24, 2.45) is 0 Å². The molecule has 0 aromatic carbocycles. The van der Waals surface area contributed by atoms with Crippen molar-refractivity contribution >= 4 is 28.3 Å². The lowest BCUT2D eigenvalue weighted by Gasteiger charge is -2.07. The minimum atomic E-state index is 0.995. The van der Waals surface area contributed by atoms with Crippen molar-refractivity contribution in [1.29, 1.82) is 0 Å². The number of rotatable bonds is 14. The molecule has 3 heteroatoms. The Bertz CT molecular complexity index is 207. The summed E-state index contributed by atoms with van der Waals surface area (Å²) in [6, 6.07) is 0. The fourth-order valence-electron chi connectivity index (χ4n) is 2.16. The van der Waals surface area contributed by atoms with Gasteiger partial charge in [0.2, 0.25) is 0 Å². The Morgan fingerprint density at radius 2 is 1.25 bits per heavy atom. The summed E-state index contributed by atoms with van der Waals surface area (Å²) in [4.78, 5) is 0. The molecule has 0 saturated carbocycles. The molecule has 0 aliphatic rings. The third-order valence-electron chi connectivity index (χ3n) is 3.53. The molecule has 0 fully saturated rings. The van der Waals surface area contributed by atoms with E-state index < -0.39 is 0 Å². The number of nitrogens with one attached hydrogen (secondary N) is 1. The molecule has 0 aromatic heterocycles. The molecule has 0 saturated heterocycles. The van der Waals surface area contributed by atoms with E-state index in [4.69, 9.17) is 12.2 Å². The van der Waals surface area contributed by atoms with Gasteiger partial charge in [-0.3, -0.25) is 0 Å². The Balaban J connectivity index is 3.07. The zero-order valence-corrected chi connectivity index (χ0v) is 15.3. The summed E-state index contributed by atoms with van der Waals surface area (Å²) >= 11 is 7.09. The van der Waals surface area contributed by atoms with Crippen molar-refractivity contribution in [1.82, 2.24) is 5.32 Å². The van der Waals surface area contributed by atoms with E-state index in [0.717, 1.165) is 10.9 Å². The molecule has 0 bridgehead atoms. The molecule has 0 aromatic rings. The molecule has 0 rings (SSSR count). The van der Waals surface area contributed by atoms with Crippen LogP contribution in [0.2, 0.25) is 0 Å². The summed E-state index contributed by atoms with van der Waals surface area (Å²) in [6.07, 6.45) is 16.5. The number of hydrogen-bond donors (Lipinski definition) is 1. The zero-order chi connectivity index (χ0) is 14.9. The zero-order valence-electron chi connectivity index (χ0n) is 13.7. The highest BCUT2D eigenvalue weighted by atomic mass is 32.2. The second-order valence-electron chi connectivity index (χ2n) is 5.60. The SMILES string of the molecule is CCCCCCCCCCCCNC(=S)SCCCC. The van der Waals surface area contributed by atoms with Gasteiger partial charge in [0, 0.05) is 12.3 Å². The maximum atomic E-state index is 5.29. The summed E-state index contributed by atoms with van der Waals surface area (Å²) in [7, 11) is 0. The fourth-order valence-corrected chi connectivity index (χ4v) is 3.34. The maximum Gasteiger partial charge on any atom is 0.133 e. The van der Waals surface area contributed by atoms with Crippen LogP contribution in [-0.2, 0) is 0 Å². The second kappa shape index (κ2) is 17.3. The predicted molar refractivity (Wildman–Crippen MR) is 99.8 cm³/mol. The van der Waals surface area contributed by atoms with E-state index in [2.05, 4.69) is 19.2 Å². The number of thiocarbonyl (C=S) groups is 1. The molecule has 0 aliphatic carbocycles. The first-order chi connectivity index (χ1) is 9.81. The van der Waals surface area contributed by atoms with Crippen molar-refractivity contribution in [3.05, 3.63) is 0 Å². The van der Waals surface area contributed by atoms with Gasteiger partial charge in [-0.05, 0) is 12.8 Å². The molecule has 1 nitrogen and oxygen atoms in total. The highest BCUT2D eigenvalue weighted by molar-refractivity contribution is 8.22. The normalized spacial score (nSPS) is 10.7. The third-order valence-corrected chi connectivity index (χ3v) is 4.93. The summed E-state index contributed by atoms with van der Waals surface area (Å²) < 4.78 is 0.995. The molecule has 0 radical (unpaired) electrons. The maximum absolute atomic E-state index is 5.29. The number of hydrogen-bond acceptors (Lipinski definition) is 2. The highest BCUT2D eigenvalue weighted by Crippen LogP contribution is 2.10. The van der Waals surface area contributed by atoms with Gasteiger partial charge in [0.05, 0.1) is 0 Å². The van der Waals surface area contributed by atoms with Crippen molar-refractivity contribution in [3.8, 4) is 0 Å². The molecule has 120 valence electrons. The summed E-state index contributed by atoms with van der Waals surface area (Å²) in [5.41, 5.74) is 0. The first-order valence-corrected chi connectivity index (χ1v) is 10.1. The lowest BCUT2D eigenvalue weighted by molar-refractivity contribution is 0.555. The second-order valence-corrected chi connectivity index (χ2v) is 7.37. The molecule has 0 amide bonds.